The third kappa shape index (κ3) is 4.43. The first-order valence-corrected chi connectivity index (χ1v) is 12.7. The normalized spacial score (nSPS) is 17.6. The van der Waals surface area contributed by atoms with Crippen molar-refractivity contribution in [3.05, 3.63) is 89.5 Å². The first-order chi connectivity index (χ1) is 16.7. The summed E-state index contributed by atoms with van der Waals surface area (Å²) < 4.78 is 24.9. The van der Waals surface area contributed by atoms with Crippen LogP contribution in [0.5, 0.6) is 11.5 Å². The van der Waals surface area contributed by atoms with Gasteiger partial charge in [-0.05, 0) is 61.8 Å². The van der Waals surface area contributed by atoms with Crippen molar-refractivity contribution in [2.75, 3.05) is 33.4 Å². The molecule has 5 rings (SSSR count). The van der Waals surface area contributed by atoms with Gasteiger partial charge in [0, 0.05) is 23.2 Å². The first kappa shape index (κ1) is 22.6. The van der Waals surface area contributed by atoms with Crippen LogP contribution in [0.15, 0.2) is 77.7 Å². The Balaban J connectivity index is 1.46. The van der Waals surface area contributed by atoms with E-state index in [-0.39, 0.29) is 5.78 Å². The quantitative estimate of drug-likeness (QED) is 0.429. The Bertz CT molecular complexity index is 1250. The van der Waals surface area contributed by atoms with Crippen molar-refractivity contribution >= 4 is 27.1 Å². The van der Waals surface area contributed by atoms with Crippen LogP contribution in [0.1, 0.15) is 34.3 Å². The summed E-state index contributed by atoms with van der Waals surface area (Å²) in [5, 5.41) is 0. The lowest BCUT2D eigenvalue weighted by molar-refractivity contribution is 0.105. The second-order valence-corrected chi connectivity index (χ2v) is 9.84. The van der Waals surface area contributed by atoms with Gasteiger partial charge in [-0.25, -0.2) is 4.21 Å². The molecule has 2 aliphatic rings. The molecular formula is C28H27NO4S. The number of Topliss-reactive ketones (excluding diaryl/α,β-unsaturated/α-hetero) is 1. The van der Waals surface area contributed by atoms with E-state index in [4.69, 9.17) is 9.47 Å². The van der Waals surface area contributed by atoms with Gasteiger partial charge in [0.05, 0.1) is 27.7 Å². The molecule has 0 N–H and O–H groups in total. The molecule has 1 fully saturated rings. The van der Waals surface area contributed by atoms with Crippen LogP contribution in [0, 0.1) is 0 Å². The molecule has 1 atom stereocenters. The number of methoxy groups -OCH3 is 1. The average Bonchev–Trinajstić information content (AvgIpc) is 3.50. The molecule has 3 aromatic rings. The zero-order valence-corrected chi connectivity index (χ0v) is 20.0. The minimum atomic E-state index is -1.51. The fourth-order valence-electron chi connectivity index (χ4n) is 4.53. The number of rotatable bonds is 8. The molecular weight excluding hydrogens is 446 g/mol. The number of fused-ring (bicyclic) bond motifs is 1. The van der Waals surface area contributed by atoms with Crippen molar-refractivity contribution in [1.82, 2.24) is 4.90 Å². The number of benzene rings is 3. The fraction of sp³-hybridized carbons (Fsp3) is 0.250. The first-order valence-electron chi connectivity index (χ1n) is 11.6. The maximum absolute atomic E-state index is 13.6. The topological polar surface area (TPSA) is 55.8 Å². The number of ketones is 1. The summed E-state index contributed by atoms with van der Waals surface area (Å²) in [5.41, 5.74) is 2.48. The maximum atomic E-state index is 13.6. The summed E-state index contributed by atoms with van der Waals surface area (Å²) in [5.74, 6) is 1.24. The molecule has 0 radical (unpaired) electrons. The van der Waals surface area contributed by atoms with E-state index in [2.05, 4.69) is 4.90 Å². The summed E-state index contributed by atoms with van der Waals surface area (Å²) in [6, 6.07) is 22.1. The third-order valence-electron chi connectivity index (χ3n) is 6.32. The van der Waals surface area contributed by atoms with Gasteiger partial charge >= 0.3 is 0 Å². The highest BCUT2D eigenvalue weighted by Gasteiger charge is 2.34. The number of hydrogen-bond donors (Lipinski definition) is 0. The van der Waals surface area contributed by atoms with E-state index < -0.39 is 10.8 Å². The van der Waals surface area contributed by atoms with Crippen molar-refractivity contribution < 1.29 is 18.5 Å². The predicted molar refractivity (Wildman–Crippen MR) is 135 cm³/mol. The van der Waals surface area contributed by atoms with Gasteiger partial charge in [-0.2, -0.15) is 0 Å². The van der Waals surface area contributed by atoms with E-state index in [0.717, 1.165) is 30.9 Å². The molecule has 0 saturated carbocycles. The Hall–Kier alpha value is -3.22. The molecule has 3 aromatic carbocycles. The van der Waals surface area contributed by atoms with E-state index in [1.165, 1.54) is 12.8 Å². The van der Waals surface area contributed by atoms with Crippen molar-refractivity contribution in [3.8, 4) is 11.5 Å². The van der Waals surface area contributed by atoms with E-state index in [9.17, 15) is 9.00 Å². The Labute approximate surface area is 202 Å². The summed E-state index contributed by atoms with van der Waals surface area (Å²) in [7, 11) is 0.0705. The van der Waals surface area contributed by atoms with Crippen LogP contribution in [-0.2, 0) is 10.8 Å². The van der Waals surface area contributed by atoms with E-state index in [1.807, 2.05) is 48.5 Å². The Morgan fingerprint density at radius 3 is 2.35 bits per heavy atom. The van der Waals surface area contributed by atoms with Gasteiger partial charge in [-0.15, -0.1) is 0 Å². The second-order valence-electron chi connectivity index (χ2n) is 8.45. The molecule has 0 amide bonds. The van der Waals surface area contributed by atoms with Gasteiger partial charge in [0.1, 0.15) is 18.1 Å². The lowest BCUT2D eigenvalue weighted by Gasteiger charge is -2.15. The van der Waals surface area contributed by atoms with Crippen LogP contribution in [0.25, 0.3) is 10.5 Å². The second kappa shape index (κ2) is 9.95. The van der Waals surface area contributed by atoms with Crippen LogP contribution < -0.4 is 9.47 Å². The van der Waals surface area contributed by atoms with Gasteiger partial charge in [-0.3, -0.25) is 9.69 Å². The number of ether oxygens (including phenoxy) is 2. The number of likely N-dealkylation sites (tertiary alicyclic amines) is 1. The summed E-state index contributed by atoms with van der Waals surface area (Å²) in [6.45, 7) is 3.85. The fourth-order valence-corrected chi connectivity index (χ4v) is 6.08. The molecule has 2 heterocycles. The Kier molecular flexibility index (Phi) is 6.61. The van der Waals surface area contributed by atoms with Crippen LogP contribution in [0.2, 0.25) is 0 Å². The molecule has 5 nitrogen and oxygen atoms in total. The Morgan fingerprint density at radius 2 is 1.65 bits per heavy atom. The standard InChI is InChI=1S/C28H27NO4S/c1-32-23-13-14-24-25(19-23)34(31)28(26(24)27(30)20-7-3-2-4-8-20)21-9-11-22(12-10-21)33-18-17-29-15-5-6-16-29/h2-4,7-14,19H,5-6,15-18H2,1H3. The lowest BCUT2D eigenvalue weighted by atomic mass is 9.94. The van der Waals surface area contributed by atoms with Gasteiger partial charge in [0.15, 0.2) is 5.78 Å². The summed E-state index contributed by atoms with van der Waals surface area (Å²) in [4.78, 5) is 17.1. The van der Waals surface area contributed by atoms with Crippen LogP contribution in [-0.4, -0.2) is 48.2 Å². The summed E-state index contributed by atoms with van der Waals surface area (Å²) >= 11 is 0. The van der Waals surface area contributed by atoms with Gasteiger partial charge in [-0.1, -0.05) is 42.5 Å². The minimum absolute atomic E-state index is 0.140. The molecule has 0 aliphatic carbocycles. The zero-order valence-electron chi connectivity index (χ0n) is 19.2. The van der Waals surface area contributed by atoms with Crippen LogP contribution in [0.3, 0.4) is 0 Å². The smallest absolute Gasteiger partial charge is 0.194 e. The zero-order chi connectivity index (χ0) is 23.5. The highest BCUT2D eigenvalue weighted by atomic mass is 32.2. The molecule has 6 heteroatoms. The third-order valence-corrected chi connectivity index (χ3v) is 7.87. The number of hydrogen-bond acceptors (Lipinski definition) is 5. The van der Waals surface area contributed by atoms with Crippen molar-refractivity contribution in [2.24, 2.45) is 0 Å². The van der Waals surface area contributed by atoms with Gasteiger partial charge < -0.3 is 9.47 Å². The van der Waals surface area contributed by atoms with Crippen LogP contribution >= 0.6 is 0 Å². The highest BCUT2D eigenvalue weighted by molar-refractivity contribution is 7.95. The number of allylic oxidation sites excluding steroid dienone is 1. The molecule has 0 bridgehead atoms. The van der Waals surface area contributed by atoms with Crippen LogP contribution in [0.4, 0.5) is 0 Å². The number of carbonyl (C=O) groups is 1. The van der Waals surface area contributed by atoms with E-state index in [0.29, 0.717) is 38.9 Å². The average molecular weight is 474 g/mol. The molecule has 174 valence electrons. The number of carbonyl (C=O) groups excluding carboxylic acids is 1. The van der Waals surface area contributed by atoms with Gasteiger partial charge in [0.25, 0.3) is 0 Å². The highest BCUT2D eigenvalue weighted by Crippen LogP contribution is 2.44. The molecule has 0 spiro atoms. The maximum Gasteiger partial charge on any atom is 0.194 e. The van der Waals surface area contributed by atoms with E-state index in [1.54, 1.807) is 31.4 Å². The molecule has 2 aliphatic heterocycles. The predicted octanol–water partition coefficient (Wildman–Crippen LogP) is 5.04. The SMILES string of the molecule is COc1ccc2c(c1)S(=O)C(c1ccc(OCCN3CCCC3)cc1)=C2C(=O)c1ccccc1. The van der Waals surface area contributed by atoms with Gasteiger partial charge in [0.2, 0.25) is 0 Å². The minimum Gasteiger partial charge on any atom is -0.497 e. The molecule has 0 aromatic heterocycles. The monoisotopic (exact) mass is 473 g/mol. The largest absolute Gasteiger partial charge is 0.497 e. The summed E-state index contributed by atoms with van der Waals surface area (Å²) in [6.07, 6.45) is 2.53. The van der Waals surface area contributed by atoms with Crippen molar-refractivity contribution in [2.45, 2.75) is 17.7 Å². The lowest BCUT2D eigenvalue weighted by Crippen LogP contribution is -2.25. The van der Waals surface area contributed by atoms with Crippen molar-refractivity contribution in [3.63, 3.8) is 0 Å². The molecule has 1 saturated heterocycles. The van der Waals surface area contributed by atoms with E-state index >= 15 is 0 Å². The molecule has 34 heavy (non-hydrogen) atoms. The number of nitrogens with zero attached hydrogens (tertiary/aromatic N) is 1. The Morgan fingerprint density at radius 1 is 0.941 bits per heavy atom. The van der Waals surface area contributed by atoms with Crippen molar-refractivity contribution in [1.29, 1.82) is 0 Å². The molecule has 1 unspecified atom stereocenters.